The highest BCUT2D eigenvalue weighted by Crippen LogP contribution is 2.17. The van der Waals surface area contributed by atoms with Crippen LogP contribution in [-0.2, 0) is 6.54 Å². The largest absolute Gasteiger partial charge is 0.464 e. The van der Waals surface area contributed by atoms with Crippen LogP contribution in [0.2, 0.25) is 0 Å². The minimum absolute atomic E-state index is 0.0855. The second-order valence-electron chi connectivity index (χ2n) is 5.68. The van der Waals surface area contributed by atoms with E-state index >= 15 is 0 Å². The standard InChI is InChI=1S/C18H20N2O3/c1-13-4-3-7-19-11-15(10-17(13)19)18(22)20(8-9-21)12-16-6-5-14(2)23-16/h3-7,10-11,21H,8-9,12H2,1-2H3. The zero-order chi connectivity index (χ0) is 16.4. The number of amides is 1. The van der Waals surface area contributed by atoms with Gasteiger partial charge in [0.1, 0.15) is 11.5 Å². The smallest absolute Gasteiger partial charge is 0.255 e. The zero-order valence-corrected chi connectivity index (χ0v) is 13.3. The molecule has 0 unspecified atom stereocenters. The minimum atomic E-state index is -0.115. The number of carbonyl (C=O) groups excluding carboxylic acids is 1. The highest BCUT2D eigenvalue weighted by atomic mass is 16.3. The van der Waals surface area contributed by atoms with Gasteiger partial charge < -0.3 is 18.8 Å². The summed E-state index contributed by atoms with van der Waals surface area (Å²) < 4.78 is 7.48. The average Bonchev–Trinajstić information content (AvgIpc) is 3.13. The molecule has 3 aromatic heterocycles. The van der Waals surface area contributed by atoms with E-state index in [4.69, 9.17) is 4.42 Å². The molecular formula is C18H20N2O3. The van der Waals surface area contributed by atoms with E-state index in [-0.39, 0.29) is 19.1 Å². The van der Waals surface area contributed by atoms with Crippen LogP contribution in [0, 0.1) is 13.8 Å². The lowest BCUT2D eigenvalue weighted by Gasteiger charge is -2.20. The summed E-state index contributed by atoms with van der Waals surface area (Å²) in [5, 5.41) is 9.27. The number of rotatable bonds is 5. The molecule has 23 heavy (non-hydrogen) atoms. The Bertz CT molecular complexity index is 832. The average molecular weight is 312 g/mol. The molecule has 0 aliphatic carbocycles. The molecule has 5 nitrogen and oxygen atoms in total. The third-order valence-electron chi connectivity index (χ3n) is 3.89. The normalized spacial score (nSPS) is 11.1. The van der Waals surface area contributed by atoms with Gasteiger partial charge in [0.15, 0.2) is 0 Å². The quantitative estimate of drug-likeness (QED) is 0.788. The highest BCUT2D eigenvalue weighted by molar-refractivity contribution is 5.95. The van der Waals surface area contributed by atoms with Gasteiger partial charge in [-0.3, -0.25) is 4.79 Å². The van der Waals surface area contributed by atoms with Crippen molar-refractivity contribution >= 4 is 11.4 Å². The number of aromatic nitrogens is 1. The van der Waals surface area contributed by atoms with E-state index in [0.717, 1.165) is 16.8 Å². The molecule has 120 valence electrons. The van der Waals surface area contributed by atoms with Crippen LogP contribution in [0.3, 0.4) is 0 Å². The molecule has 3 heterocycles. The molecule has 0 fully saturated rings. The van der Waals surface area contributed by atoms with Gasteiger partial charge in [0.05, 0.1) is 18.7 Å². The Balaban J connectivity index is 1.88. The summed E-state index contributed by atoms with van der Waals surface area (Å²) >= 11 is 0. The van der Waals surface area contributed by atoms with Crippen molar-refractivity contribution in [3.05, 3.63) is 65.4 Å². The number of nitrogens with zero attached hydrogens (tertiary/aromatic N) is 2. The highest BCUT2D eigenvalue weighted by Gasteiger charge is 2.19. The number of aliphatic hydroxyl groups is 1. The fourth-order valence-electron chi connectivity index (χ4n) is 2.72. The molecule has 0 aromatic carbocycles. The molecule has 0 atom stereocenters. The first-order valence-electron chi connectivity index (χ1n) is 7.61. The Morgan fingerprint density at radius 1 is 1.30 bits per heavy atom. The third kappa shape index (κ3) is 3.14. The summed E-state index contributed by atoms with van der Waals surface area (Å²) in [6.45, 7) is 4.41. The van der Waals surface area contributed by atoms with Crippen molar-refractivity contribution in [3.8, 4) is 0 Å². The van der Waals surface area contributed by atoms with Gasteiger partial charge >= 0.3 is 0 Å². The van der Waals surface area contributed by atoms with E-state index in [1.54, 1.807) is 4.90 Å². The van der Waals surface area contributed by atoms with Crippen molar-refractivity contribution in [2.24, 2.45) is 0 Å². The second-order valence-corrected chi connectivity index (χ2v) is 5.68. The third-order valence-corrected chi connectivity index (χ3v) is 3.89. The number of carbonyl (C=O) groups is 1. The molecule has 5 heteroatoms. The summed E-state index contributed by atoms with van der Waals surface area (Å²) in [6, 6.07) is 9.57. The molecule has 0 radical (unpaired) electrons. The number of furan rings is 1. The fourth-order valence-corrected chi connectivity index (χ4v) is 2.72. The Morgan fingerprint density at radius 3 is 2.78 bits per heavy atom. The van der Waals surface area contributed by atoms with Crippen LogP contribution in [0.25, 0.3) is 5.52 Å². The van der Waals surface area contributed by atoms with Crippen LogP contribution in [0.1, 0.15) is 27.4 Å². The van der Waals surface area contributed by atoms with Crippen molar-refractivity contribution in [3.63, 3.8) is 0 Å². The monoisotopic (exact) mass is 312 g/mol. The van der Waals surface area contributed by atoms with Crippen LogP contribution in [0.15, 0.2) is 47.1 Å². The Hall–Kier alpha value is -2.53. The van der Waals surface area contributed by atoms with E-state index in [1.165, 1.54) is 0 Å². The fraction of sp³-hybridized carbons (Fsp3) is 0.278. The molecule has 0 aliphatic rings. The van der Waals surface area contributed by atoms with Crippen molar-refractivity contribution < 1.29 is 14.3 Å². The Kier molecular flexibility index (Phi) is 4.21. The predicted octanol–water partition coefficient (Wildman–Crippen LogP) is 2.78. The zero-order valence-electron chi connectivity index (χ0n) is 13.3. The number of hydrogen-bond donors (Lipinski definition) is 1. The van der Waals surface area contributed by atoms with Gasteiger partial charge in [-0.05, 0) is 43.7 Å². The minimum Gasteiger partial charge on any atom is -0.464 e. The maximum absolute atomic E-state index is 12.8. The summed E-state index contributed by atoms with van der Waals surface area (Å²) in [4.78, 5) is 14.4. The van der Waals surface area contributed by atoms with Gasteiger partial charge in [0.25, 0.3) is 5.91 Å². The molecule has 3 aromatic rings. The summed E-state index contributed by atoms with van der Waals surface area (Å²) in [7, 11) is 0. The van der Waals surface area contributed by atoms with Gasteiger partial charge in [0, 0.05) is 24.5 Å². The van der Waals surface area contributed by atoms with Crippen LogP contribution >= 0.6 is 0 Å². The topological polar surface area (TPSA) is 58.1 Å². The molecule has 0 aliphatic heterocycles. The van der Waals surface area contributed by atoms with Crippen LogP contribution in [-0.4, -0.2) is 33.5 Å². The van der Waals surface area contributed by atoms with Crippen LogP contribution < -0.4 is 0 Å². The van der Waals surface area contributed by atoms with E-state index < -0.39 is 0 Å². The Labute approximate surface area is 134 Å². The lowest BCUT2D eigenvalue weighted by molar-refractivity contribution is 0.0694. The summed E-state index contributed by atoms with van der Waals surface area (Å²) in [5.74, 6) is 1.40. The maximum atomic E-state index is 12.8. The maximum Gasteiger partial charge on any atom is 0.255 e. The van der Waals surface area contributed by atoms with Crippen LogP contribution in [0.5, 0.6) is 0 Å². The number of hydrogen-bond acceptors (Lipinski definition) is 3. The first-order chi connectivity index (χ1) is 11.1. The van der Waals surface area contributed by atoms with Crippen molar-refractivity contribution in [2.45, 2.75) is 20.4 Å². The summed E-state index contributed by atoms with van der Waals surface area (Å²) in [6.07, 6.45) is 3.74. The molecular weight excluding hydrogens is 292 g/mol. The molecule has 1 N–H and O–H groups in total. The first kappa shape index (κ1) is 15.4. The molecule has 0 saturated heterocycles. The van der Waals surface area contributed by atoms with E-state index in [9.17, 15) is 9.90 Å². The van der Waals surface area contributed by atoms with E-state index in [1.807, 2.05) is 61.0 Å². The number of pyridine rings is 1. The number of aliphatic hydroxyl groups excluding tert-OH is 1. The van der Waals surface area contributed by atoms with Gasteiger partial charge in [-0.1, -0.05) is 6.07 Å². The molecule has 0 spiro atoms. The second kappa shape index (κ2) is 6.30. The van der Waals surface area contributed by atoms with E-state index in [0.29, 0.717) is 17.9 Å². The van der Waals surface area contributed by atoms with Gasteiger partial charge in [-0.2, -0.15) is 0 Å². The van der Waals surface area contributed by atoms with Crippen molar-refractivity contribution in [1.82, 2.24) is 9.30 Å². The number of aryl methyl sites for hydroxylation is 2. The first-order valence-corrected chi connectivity index (χ1v) is 7.61. The lowest BCUT2D eigenvalue weighted by atomic mass is 10.2. The van der Waals surface area contributed by atoms with Crippen molar-refractivity contribution in [1.29, 1.82) is 0 Å². The predicted molar refractivity (Wildman–Crippen MR) is 87.4 cm³/mol. The SMILES string of the molecule is Cc1ccc(CN(CCO)C(=O)c2cc3c(C)cccn3c2)o1. The molecule has 0 saturated carbocycles. The summed E-state index contributed by atoms with van der Waals surface area (Å²) in [5.41, 5.74) is 2.73. The molecule has 1 amide bonds. The van der Waals surface area contributed by atoms with Gasteiger partial charge in [-0.15, -0.1) is 0 Å². The Morgan fingerprint density at radius 2 is 2.13 bits per heavy atom. The lowest BCUT2D eigenvalue weighted by Crippen LogP contribution is -2.32. The molecule has 3 rings (SSSR count). The number of fused-ring (bicyclic) bond motifs is 1. The molecule has 0 bridgehead atoms. The van der Waals surface area contributed by atoms with Crippen molar-refractivity contribution in [2.75, 3.05) is 13.2 Å². The van der Waals surface area contributed by atoms with Gasteiger partial charge in [0.2, 0.25) is 0 Å². The van der Waals surface area contributed by atoms with E-state index in [2.05, 4.69) is 0 Å². The van der Waals surface area contributed by atoms with Gasteiger partial charge in [-0.25, -0.2) is 0 Å². The van der Waals surface area contributed by atoms with Crippen LogP contribution in [0.4, 0.5) is 0 Å².